The van der Waals surface area contributed by atoms with Gasteiger partial charge in [-0.15, -0.1) is 0 Å². The first-order chi connectivity index (χ1) is 13.0. The van der Waals surface area contributed by atoms with Crippen molar-refractivity contribution in [1.29, 1.82) is 0 Å². The molecule has 0 aromatic heterocycles. The number of hydrazone groups is 1. The van der Waals surface area contributed by atoms with E-state index in [0.29, 0.717) is 22.6 Å². The molecule has 0 spiro atoms. The number of carbonyl (C=O) groups excluding carboxylic acids is 1. The number of benzene rings is 2. The van der Waals surface area contributed by atoms with Gasteiger partial charge in [0.2, 0.25) is 6.54 Å². The lowest BCUT2D eigenvalue weighted by Gasteiger charge is -2.06. The van der Waals surface area contributed by atoms with Crippen molar-refractivity contribution in [3.05, 3.63) is 58.8 Å². The van der Waals surface area contributed by atoms with Crippen molar-refractivity contribution < 1.29 is 29.4 Å². The van der Waals surface area contributed by atoms with Crippen LogP contribution in [0.2, 0.25) is 0 Å². The Bertz CT molecular complexity index is 838. The van der Waals surface area contributed by atoms with Gasteiger partial charge in [0, 0.05) is 17.2 Å². The molecule has 0 aliphatic rings. The number of nitrogens with zero attached hydrogens (tertiary/aromatic N) is 3. The van der Waals surface area contributed by atoms with Gasteiger partial charge in [0.15, 0.2) is 11.9 Å². The molecule has 11 nitrogen and oxygen atoms in total. The topological polar surface area (TPSA) is 174 Å². The third kappa shape index (κ3) is 6.80. The second-order valence-corrected chi connectivity index (χ2v) is 5.25. The molecule has 0 saturated carbocycles. The number of nitrogens with one attached hydrogen (secondary N) is 1. The zero-order valence-electron chi connectivity index (χ0n) is 15.1. The van der Waals surface area contributed by atoms with Crippen LogP contribution in [0.15, 0.2) is 52.8 Å². The van der Waals surface area contributed by atoms with Crippen LogP contribution >= 0.6 is 0 Å². The Morgan fingerprint density at radius 2 is 1.93 bits per heavy atom. The Hall–Kier alpha value is -3.86. The number of hydrogen-bond acceptors (Lipinski definition) is 8. The molecule has 0 radical (unpaired) electrons. The van der Waals surface area contributed by atoms with Crippen LogP contribution in [0.1, 0.15) is 11.1 Å². The highest BCUT2D eigenvalue weighted by atomic mass is 16.6. The van der Waals surface area contributed by atoms with Gasteiger partial charge >= 0.3 is 0 Å². The van der Waals surface area contributed by atoms with E-state index >= 15 is 0 Å². The Kier molecular flexibility index (Phi) is 8.70. The van der Waals surface area contributed by atoms with Crippen molar-refractivity contribution in [2.24, 2.45) is 10.4 Å². The van der Waals surface area contributed by atoms with Crippen LogP contribution in [0.4, 0.5) is 0 Å². The van der Waals surface area contributed by atoms with Gasteiger partial charge in [0.05, 0.1) is 13.3 Å². The number of phenolic OH excluding ortho intramolecular Hbond substituents is 1. The average molecular weight is 391 g/mol. The summed E-state index contributed by atoms with van der Waals surface area (Å²) in [6, 6.07) is 11.0. The van der Waals surface area contributed by atoms with Gasteiger partial charge in [-0.05, 0) is 36.4 Å². The van der Waals surface area contributed by atoms with Gasteiger partial charge in [-0.1, -0.05) is 4.86 Å². The zero-order chi connectivity index (χ0) is 19.6. The van der Waals surface area contributed by atoms with E-state index in [0.717, 1.165) is 0 Å². The molecule has 1 amide bonds. The van der Waals surface area contributed by atoms with E-state index in [-0.39, 0.29) is 29.9 Å². The summed E-state index contributed by atoms with van der Waals surface area (Å²) in [6.45, 7) is -0.380. The Labute approximate surface area is 160 Å². The third-order valence-electron chi connectivity index (χ3n) is 3.34. The quantitative estimate of drug-likeness (QED) is 0.230. The first-order valence-corrected chi connectivity index (χ1v) is 7.72. The van der Waals surface area contributed by atoms with Crippen LogP contribution in [0, 0.1) is 5.21 Å². The summed E-state index contributed by atoms with van der Waals surface area (Å²) < 4.78 is 10.3. The van der Waals surface area contributed by atoms with Gasteiger partial charge in [-0.2, -0.15) is 5.10 Å². The van der Waals surface area contributed by atoms with E-state index in [1.54, 1.807) is 36.4 Å². The minimum absolute atomic E-state index is 0. The molecule has 0 unspecified atom stereocenters. The Balaban J connectivity index is 0.00000392. The fourth-order valence-corrected chi connectivity index (χ4v) is 1.99. The van der Waals surface area contributed by atoms with Crippen LogP contribution in [0.25, 0.3) is 0 Å². The molecule has 0 atom stereocenters. The lowest BCUT2D eigenvalue weighted by atomic mass is 10.2. The molecular formula is C17H21N5O6. The van der Waals surface area contributed by atoms with Crippen molar-refractivity contribution in [1.82, 2.24) is 11.6 Å². The van der Waals surface area contributed by atoms with Gasteiger partial charge < -0.3 is 31.1 Å². The largest absolute Gasteiger partial charge is 0.597 e. The normalized spacial score (nSPS) is 11.0. The lowest BCUT2D eigenvalue weighted by molar-refractivity contribution is -0.570. The summed E-state index contributed by atoms with van der Waals surface area (Å²) in [5, 5.41) is 35.3. The summed E-state index contributed by atoms with van der Waals surface area (Å²) in [4.78, 5) is 11.8. The van der Waals surface area contributed by atoms with Gasteiger partial charge in [0.25, 0.3) is 5.91 Å². The number of carbonyl (C=O) groups is 1. The van der Waals surface area contributed by atoms with Crippen LogP contribution in [-0.2, 0) is 11.3 Å². The number of ether oxygens (including phenoxy) is 2. The van der Waals surface area contributed by atoms with Crippen LogP contribution < -0.4 is 21.1 Å². The van der Waals surface area contributed by atoms with E-state index in [4.69, 9.17) is 14.7 Å². The first kappa shape index (κ1) is 22.2. The van der Waals surface area contributed by atoms with Crippen molar-refractivity contribution in [2.75, 3.05) is 13.7 Å². The van der Waals surface area contributed by atoms with Gasteiger partial charge in [-0.3, -0.25) is 4.79 Å². The molecule has 0 heterocycles. The maximum Gasteiger partial charge on any atom is 0.277 e. The second-order valence-electron chi connectivity index (χ2n) is 5.25. The fourth-order valence-electron chi connectivity index (χ4n) is 1.99. The van der Waals surface area contributed by atoms with E-state index in [1.807, 2.05) is 0 Å². The molecular weight excluding hydrogens is 370 g/mol. The SMILES string of the molecule is COc1ccc(/C=N/NC(=O)COc2ccc(C[N+]([O-])=NO)cc2)c(O)c1.N. The molecule has 0 aliphatic heterocycles. The molecule has 0 saturated heterocycles. The number of methoxy groups -OCH3 is 1. The molecule has 6 N–H and O–H groups in total. The minimum Gasteiger partial charge on any atom is -0.597 e. The molecule has 150 valence electrons. The highest BCUT2D eigenvalue weighted by molar-refractivity contribution is 5.85. The smallest absolute Gasteiger partial charge is 0.277 e. The summed E-state index contributed by atoms with van der Waals surface area (Å²) in [6.07, 6.45) is 1.29. The standard InChI is InChI=1S/C17H18N4O6.H3N/c1-26-15-7-4-13(16(22)8-15)9-18-19-17(23)11-27-14-5-2-12(3-6-14)10-21(25)20-24;/h2-9,22,24H,10-11H2,1H3,(H,19,23);1H3/b18-9+,21-20?;. The minimum atomic E-state index is -0.492. The molecule has 0 aliphatic carbocycles. The summed E-state index contributed by atoms with van der Waals surface area (Å²) in [5.41, 5.74) is 3.30. The van der Waals surface area contributed by atoms with Gasteiger partial charge in [-0.25, -0.2) is 5.43 Å². The van der Waals surface area contributed by atoms with Crippen molar-refractivity contribution in [3.8, 4) is 17.2 Å². The number of hydroxylamine groups is 1. The lowest BCUT2D eigenvalue weighted by Crippen LogP contribution is -2.24. The van der Waals surface area contributed by atoms with E-state index < -0.39 is 5.91 Å². The average Bonchev–Trinajstić information content (AvgIpc) is 2.68. The van der Waals surface area contributed by atoms with Crippen molar-refractivity contribution >= 4 is 12.1 Å². The highest BCUT2D eigenvalue weighted by Gasteiger charge is 2.05. The van der Waals surface area contributed by atoms with Crippen molar-refractivity contribution in [2.45, 2.75) is 6.54 Å². The Morgan fingerprint density at radius 1 is 1.25 bits per heavy atom. The molecule has 0 bridgehead atoms. The van der Waals surface area contributed by atoms with Crippen LogP contribution in [0.5, 0.6) is 17.2 Å². The van der Waals surface area contributed by atoms with Crippen LogP contribution in [-0.4, -0.2) is 41.0 Å². The molecule has 2 aromatic rings. The number of phenols is 1. The molecule has 11 heteroatoms. The van der Waals surface area contributed by atoms with E-state index in [9.17, 15) is 15.1 Å². The number of hydrogen-bond donors (Lipinski definition) is 4. The zero-order valence-corrected chi connectivity index (χ0v) is 15.1. The highest BCUT2D eigenvalue weighted by Crippen LogP contribution is 2.21. The Morgan fingerprint density at radius 3 is 2.54 bits per heavy atom. The number of rotatable bonds is 8. The molecule has 2 aromatic carbocycles. The maximum atomic E-state index is 11.7. The van der Waals surface area contributed by atoms with Gasteiger partial charge in [0.1, 0.15) is 17.2 Å². The van der Waals surface area contributed by atoms with Crippen molar-refractivity contribution in [3.63, 3.8) is 0 Å². The molecule has 28 heavy (non-hydrogen) atoms. The molecule has 2 rings (SSSR count). The fraction of sp³-hybridized carbons (Fsp3) is 0.176. The second kappa shape index (κ2) is 11.0. The predicted octanol–water partition coefficient (Wildman–Crippen LogP) is 1.94. The monoisotopic (exact) mass is 391 g/mol. The summed E-state index contributed by atoms with van der Waals surface area (Å²) in [5.74, 6) is 0.397. The van der Waals surface area contributed by atoms with E-state index in [1.165, 1.54) is 19.4 Å². The maximum absolute atomic E-state index is 11.7. The number of aromatic hydroxyl groups is 1. The summed E-state index contributed by atoms with van der Waals surface area (Å²) >= 11 is 0. The van der Waals surface area contributed by atoms with Crippen LogP contribution in [0.3, 0.4) is 0 Å². The third-order valence-corrected chi connectivity index (χ3v) is 3.34. The van der Waals surface area contributed by atoms with E-state index in [2.05, 4.69) is 15.8 Å². The summed E-state index contributed by atoms with van der Waals surface area (Å²) in [7, 11) is 1.49. The molecule has 0 fully saturated rings. The first-order valence-electron chi connectivity index (χ1n) is 7.72. The number of amides is 1. The predicted molar refractivity (Wildman–Crippen MR) is 98.9 cm³/mol.